The van der Waals surface area contributed by atoms with Crippen LogP contribution in [0.5, 0.6) is 5.75 Å². The number of nitrogens with one attached hydrogen (secondary N) is 1. The van der Waals surface area contributed by atoms with Gasteiger partial charge in [0.25, 0.3) is 5.91 Å². The van der Waals surface area contributed by atoms with Crippen LogP contribution < -0.4 is 11.1 Å². The number of hydrogen-bond acceptors (Lipinski definition) is 4. The number of aromatic nitrogens is 1. The molecule has 4 N–H and O–H groups in total. The molecule has 0 bridgehead atoms. The Balaban J connectivity index is 2.13. The molecule has 1 aliphatic carbocycles. The Labute approximate surface area is 100 Å². The summed E-state index contributed by atoms with van der Waals surface area (Å²) >= 11 is 0. The molecule has 1 unspecified atom stereocenters. The highest BCUT2D eigenvalue weighted by atomic mass is 16.3. The molecular weight excluding hydrogens is 218 g/mol. The van der Waals surface area contributed by atoms with E-state index in [1.165, 1.54) is 18.5 Å². The van der Waals surface area contributed by atoms with Crippen molar-refractivity contribution in [2.75, 3.05) is 6.54 Å². The predicted octanol–water partition coefficient (Wildman–Crippen LogP) is 0.644. The first-order valence-corrected chi connectivity index (χ1v) is 5.72. The van der Waals surface area contributed by atoms with Gasteiger partial charge in [0.2, 0.25) is 0 Å². The van der Waals surface area contributed by atoms with Crippen molar-refractivity contribution >= 4 is 5.91 Å². The first kappa shape index (κ1) is 11.9. The third-order valence-corrected chi connectivity index (χ3v) is 3.35. The first-order chi connectivity index (χ1) is 8.07. The van der Waals surface area contributed by atoms with Crippen LogP contribution in [0.2, 0.25) is 0 Å². The fourth-order valence-corrected chi connectivity index (χ4v) is 1.95. The Morgan fingerprint density at radius 3 is 2.94 bits per heavy atom. The van der Waals surface area contributed by atoms with E-state index in [-0.39, 0.29) is 22.8 Å². The monoisotopic (exact) mass is 235 g/mol. The SMILES string of the molecule is CC(CN)(NC(=O)c1ccncc1O)C1CC1. The largest absolute Gasteiger partial charge is 0.505 e. The predicted molar refractivity (Wildman–Crippen MR) is 63.6 cm³/mol. The van der Waals surface area contributed by atoms with Crippen LogP contribution in [0.4, 0.5) is 0 Å². The number of pyridine rings is 1. The molecule has 0 spiro atoms. The van der Waals surface area contributed by atoms with Gasteiger partial charge >= 0.3 is 0 Å². The van der Waals surface area contributed by atoms with Crippen molar-refractivity contribution in [3.63, 3.8) is 0 Å². The molecule has 5 heteroatoms. The zero-order valence-electron chi connectivity index (χ0n) is 9.81. The minimum absolute atomic E-state index is 0.111. The number of amides is 1. The second-order valence-corrected chi connectivity index (χ2v) is 4.74. The molecule has 2 rings (SSSR count). The van der Waals surface area contributed by atoms with E-state index in [1.54, 1.807) is 0 Å². The lowest BCUT2D eigenvalue weighted by Crippen LogP contribution is -2.53. The molecule has 0 saturated heterocycles. The van der Waals surface area contributed by atoms with Gasteiger partial charge < -0.3 is 16.2 Å². The van der Waals surface area contributed by atoms with Crippen molar-refractivity contribution in [3.8, 4) is 5.75 Å². The fourth-order valence-electron chi connectivity index (χ4n) is 1.95. The molecule has 1 fully saturated rings. The lowest BCUT2D eigenvalue weighted by molar-refractivity contribution is 0.0895. The van der Waals surface area contributed by atoms with Gasteiger partial charge in [-0.3, -0.25) is 9.78 Å². The van der Waals surface area contributed by atoms with E-state index in [0.717, 1.165) is 12.8 Å². The molecule has 0 aromatic carbocycles. The maximum atomic E-state index is 12.0. The number of carbonyl (C=O) groups is 1. The van der Waals surface area contributed by atoms with Crippen LogP contribution in [0.1, 0.15) is 30.1 Å². The molecule has 1 atom stereocenters. The second-order valence-electron chi connectivity index (χ2n) is 4.74. The molecule has 0 radical (unpaired) electrons. The number of rotatable bonds is 4. The highest BCUT2D eigenvalue weighted by Gasteiger charge is 2.41. The average Bonchev–Trinajstić information content (AvgIpc) is 3.13. The third kappa shape index (κ3) is 2.39. The molecule has 0 aliphatic heterocycles. The number of nitrogens with two attached hydrogens (primary N) is 1. The zero-order chi connectivity index (χ0) is 12.5. The molecular formula is C12H17N3O2. The van der Waals surface area contributed by atoms with E-state index in [4.69, 9.17) is 5.73 Å². The van der Waals surface area contributed by atoms with E-state index in [0.29, 0.717) is 12.5 Å². The normalized spacial score (nSPS) is 18.5. The minimum Gasteiger partial charge on any atom is -0.505 e. The van der Waals surface area contributed by atoms with Gasteiger partial charge in [-0.15, -0.1) is 0 Å². The topological polar surface area (TPSA) is 88.2 Å². The summed E-state index contributed by atoms with van der Waals surface area (Å²) in [4.78, 5) is 15.8. The Morgan fingerprint density at radius 1 is 1.71 bits per heavy atom. The maximum Gasteiger partial charge on any atom is 0.255 e. The fraction of sp³-hybridized carbons (Fsp3) is 0.500. The molecule has 92 valence electrons. The third-order valence-electron chi connectivity index (χ3n) is 3.35. The van der Waals surface area contributed by atoms with E-state index < -0.39 is 0 Å². The summed E-state index contributed by atoms with van der Waals surface area (Å²) in [7, 11) is 0. The van der Waals surface area contributed by atoms with Crippen LogP contribution in [0.25, 0.3) is 0 Å². The Hall–Kier alpha value is -1.62. The van der Waals surface area contributed by atoms with Crippen molar-refractivity contribution in [3.05, 3.63) is 24.0 Å². The first-order valence-electron chi connectivity index (χ1n) is 5.72. The van der Waals surface area contributed by atoms with Crippen molar-refractivity contribution in [2.45, 2.75) is 25.3 Å². The van der Waals surface area contributed by atoms with Crippen LogP contribution in [0.15, 0.2) is 18.5 Å². The van der Waals surface area contributed by atoms with Crippen LogP contribution in [-0.4, -0.2) is 28.1 Å². The van der Waals surface area contributed by atoms with Crippen LogP contribution in [0.3, 0.4) is 0 Å². The van der Waals surface area contributed by atoms with Crippen molar-refractivity contribution in [1.29, 1.82) is 0 Å². The van der Waals surface area contributed by atoms with E-state index >= 15 is 0 Å². The number of hydrogen-bond donors (Lipinski definition) is 3. The molecule has 1 amide bonds. The standard InChI is InChI=1S/C12H17N3O2/c1-12(7-13,8-2-3-8)15-11(17)9-4-5-14-6-10(9)16/h4-6,8,16H,2-3,7,13H2,1H3,(H,15,17). The van der Waals surface area contributed by atoms with E-state index in [9.17, 15) is 9.90 Å². The molecule has 1 heterocycles. The molecule has 5 nitrogen and oxygen atoms in total. The number of carbonyl (C=O) groups excluding carboxylic acids is 1. The van der Waals surface area contributed by atoms with Gasteiger partial charge in [0.1, 0.15) is 5.75 Å². The van der Waals surface area contributed by atoms with E-state index in [1.807, 2.05) is 6.92 Å². The summed E-state index contributed by atoms with van der Waals surface area (Å²) in [6.07, 6.45) is 4.92. The lowest BCUT2D eigenvalue weighted by atomic mass is 9.95. The Kier molecular flexibility index (Phi) is 3.02. The van der Waals surface area contributed by atoms with Crippen LogP contribution in [-0.2, 0) is 0 Å². The number of aromatic hydroxyl groups is 1. The smallest absolute Gasteiger partial charge is 0.255 e. The summed E-state index contributed by atoms with van der Waals surface area (Å²) in [5.74, 6) is 0.0327. The van der Waals surface area contributed by atoms with Gasteiger partial charge in [-0.05, 0) is 31.7 Å². The van der Waals surface area contributed by atoms with Gasteiger partial charge in [0.15, 0.2) is 0 Å². The van der Waals surface area contributed by atoms with Gasteiger partial charge in [-0.25, -0.2) is 0 Å². The van der Waals surface area contributed by atoms with Gasteiger partial charge in [-0.1, -0.05) is 0 Å². The van der Waals surface area contributed by atoms with Crippen molar-refractivity contribution in [1.82, 2.24) is 10.3 Å². The van der Waals surface area contributed by atoms with Gasteiger partial charge in [-0.2, -0.15) is 0 Å². The number of nitrogens with zero attached hydrogens (tertiary/aromatic N) is 1. The minimum atomic E-state index is -0.382. The molecule has 1 saturated carbocycles. The summed E-state index contributed by atoms with van der Waals surface area (Å²) in [5, 5.41) is 12.5. The highest BCUT2D eigenvalue weighted by molar-refractivity contribution is 5.97. The molecule has 17 heavy (non-hydrogen) atoms. The second kappa shape index (κ2) is 4.33. The van der Waals surface area contributed by atoms with Crippen LogP contribution in [0, 0.1) is 5.92 Å². The summed E-state index contributed by atoms with van der Waals surface area (Å²) in [6, 6.07) is 1.49. The van der Waals surface area contributed by atoms with Crippen LogP contribution >= 0.6 is 0 Å². The Bertz CT molecular complexity index is 432. The van der Waals surface area contributed by atoms with Gasteiger partial charge in [0, 0.05) is 12.7 Å². The molecule has 1 aromatic rings. The Morgan fingerprint density at radius 2 is 2.41 bits per heavy atom. The summed E-state index contributed by atoms with van der Waals surface area (Å²) < 4.78 is 0. The summed E-state index contributed by atoms with van der Waals surface area (Å²) in [5.41, 5.74) is 5.58. The summed E-state index contributed by atoms with van der Waals surface area (Å²) in [6.45, 7) is 2.34. The van der Waals surface area contributed by atoms with Crippen molar-refractivity contribution in [2.24, 2.45) is 11.7 Å². The maximum absolute atomic E-state index is 12.0. The lowest BCUT2D eigenvalue weighted by Gasteiger charge is -2.29. The molecule has 1 aromatic heterocycles. The quantitative estimate of drug-likeness (QED) is 0.714. The van der Waals surface area contributed by atoms with Gasteiger partial charge in [0.05, 0.1) is 17.3 Å². The highest BCUT2D eigenvalue weighted by Crippen LogP contribution is 2.39. The zero-order valence-corrected chi connectivity index (χ0v) is 9.81. The van der Waals surface area contributed by atoms with E-state index in [2.05, 4.69) is 10.3 Å². The average molecular weight is 235 g/mol. The molecule has 1 aliphatic rings. The van der Waals surface area contributed by atoms with Crippen molar-refractivity contribution < 1.29 is 9.90 Å².